The molecule has 2 aliphatic heterocycles. The van der Waals surface area contributed by atoms with E-state index in [4.69, 9.17) is 16.3 Å². The molecule has 6 fully saturated rings. The number of aliphatic hydroxyl groups excluding tert-OH is 1. The van der Waals surface area contributed by atoms with Crippen molar-refractivity contribution in [1.82, 2.24) is 20.9 Å². The van der Waals surface area contributed by atoms with Crippen LogP contribution in [0, 0.1) is 0 Å². The van der Waals surface area contributed by atoms with Crippen molar-refractivity contribution < 1.29 is 23.8 Å². The van der Waals surface area contributed by atoms with Crippen molar-refractivity contribution in [1.29, 1.82) is 0 Å². The number of amides is 2. The fourth-order valence-electron chi connectivity index (χ4n) is 6.86. The third kappa shape index (κ3) is 4.83. The standard InChI is InChI=1S/C24H38ClFN4O4/c25-16-5-4-15(11-17(16)26)34-14-21(32)28-24-8-6-23(7-9-24,12-19(24)31)29-22(33)18-13-27-20-3-1-2-10-30(18)20/h15-20,27,31H,1-14H2,(H,28,32)(H,29,33). The maximum atomic E-state index is 13.8. The van der Waals surface area contributed by atoms with Crippen LogP contribution in [-0.2, 0) is 14.3 Å². The average Bonchev–Trinajstić information content (AvgIpc) is 3.25. The highest BCUT2D eigenvalue weighted by Gasteiger charge is 2.56. The summed E-state index contributed by atoms with van der Waals surface area (Å²) in [4.78, 5) is 28.1. The lowest BCUT2D eigenvalue weighted by Gasteiger charge is -2.56. The molecule has 2 saturated heterocycles. The zero-order valence-corrected chi connectivity index (χ0v) is 20.5. The molecular formula is C24H38ClFN4O4. The Morgan fingerprint density at radius 2 is 1.94 bits per heavy atom. The largest absolute Gasteiger partial charge is 0.391 e. The van der Waals surface area contributed by atoms with Crippen molar-refractivity contribution in [2.45, 2.75) is 118 Å². The summed E-state index contributed by atoms with van der Waals surface area (Å²) in [5.41, 5.74) is -1.10. The number of carbonyl (C=O) groups is 2. The van der Waals surface area contributed by atoms with E-state index in [0.717, 1.165) is 32.2 Å². The summed E-state index contributed by atoms with van der Waals surface area (Å²) in [6.07, 6.45) is 6.08. The summed E-state index contributed by atoms with van der Waals surface area (Å²) in [5, 5.41) is 20.4. The van der Waals surface area contributed by atoms with Crippen molar-refractivity contribution in [3.8, 4) is 0 Å². The summed E-state index contributed by atoms with van der Waals surface area (Å²) in [7, 11) is 0. The van der Waals surface area contributed by atoms with E-state index in [9.17, 15) is 19.1 Å². The van der Waals surface area contributed by atoms with E-state index in [0.29, 0.717) is 44.8 Å². The Bertz CT molecular complexity index is 780. The van der Waals surface area contributed by atoms with Crippen LogP contribution in [0.4, 0.5) is 4.39 Å². The first-order valence-corrected chi connectivity index (χ1v) is 13.4. The molecule has 0 spiro atoms. The zero-order chi connectivity index (χ0) is 23.9. The molecule has 2 bridgehead atoms. The summed E-state index contributed by atoms with van der Waals surface area (Å²) in [6, 6.07) is -0.153. The van der Waals surface area contributed by atoms with Crippen LogP contribution in [0.3, 0.4) is 0 Å². The number of carbonyl (C=O) groups excluding carboxylic acids is 2. The number of halogens is 2. The first-order chi connectivity index (χ1) is 16.3. The fraction of sp³-hybridized carbons (Fsp3) is 0.917. The lowest BCUT2D eigenvalue weighted by atomic mass is 9.59. The monoisotopic (exact) mass is 500 g/mol. The van der Waals surface area contributed by atoms with Gasteiger partial charge in [0.2, 0.25) is 11.8 Å². The molecule has 0 aromatic heterocycles. The van der Waals surface area contributed by atoms with Gasteiger partial charge in [-0.3, -0.25) is 19.8 Å². The molecule has 2 heterocycles. The van der Waals surface area contributed by atoms with E-state index >= 15 is 0 Å². The van der Waals surface area contributed by atoms with E-state index in [1.807, 2.05) is 0 Å². The Balaban J connectivity index is 1.12. The molecule has 0 aromatic carbocycles. The molecule has 4 N–H and O–H groups in total. The molecule has 6 aliphatic rings. The Morgan fingerprint density at radius 1 is 1.15 bits per heavy atom. The van der Waals surface area contributed by atoms with Crippen LogP contribution in [0.15, 0.2) is 0 Å². The topological polar surface area (TPSA) is 103 Å². The van der Waals surface area contributed by atoms with Crippen molar-refractivity contribution in [3.05, 3.63) is 0 Å². The van der Waals surface area contributed by atoms with E-state index < -0.39 is 28.7 Å². The number of nitrogens with one attached hydrogen (secondary N) is 3. The van der Waals surface area contributed by atoms with Gasteiger partial charge in [-0.2, -0.15) is 0 Å². The summed E-state index contributed by atoms with van der Waals surface area (Å²) in [5.74, 6) is -0.233. The Kier molecular flexibility index (Phi) is 7.12. The quantitative estimate of drug-likeness (QED) is 0.410. The van der Waals surface area contributed by atoms with Crippen molar-refractivity contribution in [2.75, 3.05) is 19.7 Å². The predicted molar refractivity (Wildman–Crippen MR) is 125 cm³/mol. The second-order valence-electron chi connectivity index (χ2n) is 11.1. The zero-order valence-electron chi connectivity index (χ0n) is 19.7. The number of alkyl halides is 2. The Morgan fingerprint density at radius 3 is 2.68 bits per heavy atom. The summed E-state index contributed by atoms with van der Waals surface area (Å²) >= 11 is 5.92. The number of piperidine rings is 1. The van der Waals surface area contributed by atoms with Gasteiger partial charge < -0.3 is 20.5 Å². The third-order valence-corrected chi connectivity index (χ3v) is 9.48. The van der Waals surface area contributed by atoms with E-state index in [1.54, 1.807) is 0 Å². The normalized spacial score (nSPS) is 44.4. The van der Waals surface area contributed by atoms with Gasteiger partial charge in [0, 0.05) is 25.0 Å². The van der Waals surface area contributed by atoms with Gasteiger partial charge in [-0.1, -0.05) is 0 Å². The number of rotatable bonds is 6. The molecule has 6 atom stereocenters. The molecular weight excluding hydrogens is 463 g/mol. The average molecular weight is 501 g/mol. The summed E-state index contributed by atoms with van der Waals surface area (Å²) in [6.45, 7) is 1.47. The van der Waals surface area contributed by atoms with Gasteiger partial charge >= 0.3 is 0 Å². The van der Waals surface area contributed by atoms with Crippen LogP contribution in [0.2, 0.25) is 0 Å². The molecule has 6 unspecified atom stereocenters. The second-order valence-corrected chi connectivity index (χ2v) is 11.7. The Labute approximate surface area is 205 Å². The van der Waals surface area contributed by atoms with Crippen molar-refractivity contribution in [2.24, 2.45) is 0 Å². The first-order valence-electron chi connectivity index (χ1n) is 13.0. The minimum absolute atomic E-state index is 0.0498. The maximum Gasteiger partial charge on any atom is 0.246 e. The van der Waals surface area contributed by atoms with E-state index in [1.165, 1.54) is 6.42 Å². The van der Waals surface area contributed by atoms with Gasteiger partial charge in [0.05, 0.1) is 29.3 Å². The molecule has 6 rings (SSSR count). The molecule has 2 amide bonds. The second kappa shape index (κ2) is 9.81. The number of aliphatic hydroxyl groups is 1. The number of fused-ring (bicyclic) bond motifs is 4. The first kappa shape index (κ1) is 24.7. The van der Waals surface area contributed by atoms with Crippen LogP contribution in [-0.4, -0.2) is 88.6 Å². The molecule has 4 aliphatic carbocycles. The molecule has 4 saturated carbocycles. The van der Waals surface area contributed by atoms with Gasteiger partial charge in [0.15, 0.2) is 0 Å². The molecule has 10 heteroatoms. The molecule has 0 aromatic rings. The van der Waals surface area contributed by atoms with E-state index in [-0.39, 0.29) is 37.0 Å². The van der Waals surface area contributed by atoms with Gasteiger partial charge in [0.25, 0.3) is 0 Å². The lowest BCUT2D eigenvalue weighted by molar-refractivity contribution is -0.141. The smallest absolute Gasteiger partial charge is 0.246 e. The minimum atomic E-state index is -1.11. The van der Waals surface area contributed by atoms with Crippen molar-refractivity contribution in [3.63, 3.8) is 0 Å². The lowest BCUT2D eigenvalue weighted by Crippen LogP contribution is -2.71. The highest BCUT2D eigenvalue weighted by atomic mass is 35.5. The SMILES string of the molecule is O=C(COC1CCC(Cl)C(F)C1)NC12CCC(NC(=O)C3CNC4CCCCN43)(CC1)CC2O. The van der Waals surface area contributed by atoms with Crippen LogP contribution in [0.5, 0.6) is 0 Å². The molecule has 0 radical (unpaired) electrons. The van der Waals surface area contributed by atoms with Gasteiger partial charge in [-0.05, 0) is 64.2 Å². The third-order valence-electron chi connectivity index (χ3n) is 8.99. The van der Waals surface area contributed by atoms with Gasteiger partial charge in [-0.15, -0.1) is 11.6 Å². The maximum absolute atomic E-state index is 13.8. The predicted octanol–water partition coefficient (Wildman–Crippen LogP) is 1.33. The number of hydrogen-bond acceptors (Lipinski definition) is 6. The van der Waals surface area contributed by atoms with E-state index in [2.05, 4.69) is 20.9 Å². The van der Waals surface area contributed by atoms with Crippen LogP contribution in [0.1, 0.15) is 70.6 Å². The fourth-order valence-corrected chi connectivity index (χ4v) is 7.09. The van der Waals surface area contributed by atoms with Crippen LogP contribution in [0.25, 0.3) is 0 Å². The minimum Gasteiger partial charge on any atom is -0.391 e. The molecule has 8 nitrogen and oxygen atoms in total. The number of nitrogens with zero attached hydrogens (tertiary/aromatic N) is 1. The van der Waals surface area contributed by atoms with Crippen molar-refractivity contribution >= 4 is 23.4 Å². The van der Waals surface area contributed by atoms with Crippen LogP contribution >= 0.6 is 11.6 Å². The Hall–Kier alpha value is -1.00. The molecule has 192 valence electrons. The molecule has 34 heavy (non-hydrogen) atoms. The highest BCUT2D eigenvalue weighted by Crippen LogP contribution is 2.47. The highest BCUT2D eigenvalue weighted by molar-refractivity contribution is 6.21. The van der Waals surface area contributed by atoms with Gasteiger partial charge in [-0.25, -0.2) is 4.39 Å². The number of ether oxygens (including phenoxy) is 1. The van der Waals surface area contributed by atoms with Crippen LogP contribution < -0.4 is 16.0 Å². The number of hydrogen-bond donors (Lipinski definition) is 4. The summed E-state index contributed by atoms with van der Waals surface area (Å²) < 4.78 is 19.5. The van der Waals surface area contributed by atoms with Gasteiger partial charge in [0.1, 0.15) is 18.8 Å².